The Labute approximate surface area is 117 Å². The number of nitrogens with one attached hydrogen (secondary N) is 1. The Morgan fingerprint density at radius 1 is 1.42 bits per heavy atom. The van der Waals surface area contributed by atoms with Gasteiger partial charge >= 0.3 is 0 Å². The molecule has 2 aliphatic rings. The Balaban J connectivity index is 1.84. The number of para-hydroxylation sites is 2. The van der Waals surface area contributed by atoms with Crippen LogP contribution in [0.4, 0.5) is 5.69 Å². The molecule has 0 spiro atoms. The summed E-state index contributed by atoms with van der Waals surface area (Å²) in [4.78, 5) is 14.5. The van der Waals surface area contributed by atoms with Crippen molar-refractivity contribution in [3.05, 3.63) is 24.3 Å². The number of nitrogens with zero attached hydrogens (tertiary/aromatic N) is 1. The zero-order valence-corrected chi connectivity index (χ0v) is 11.6. The van der Waals surface area contributed by atoms with Crippen LogP contribution >= 0.6 is 11.8 Å². The van der Waals surface area contributed by atoms with Crippen molar-refractivity contribution in [2.24, 2.45) is 0 Å². The third-order valence-corrected chi connectivity index (χ3v) is 4.49. The summed E-state index contributed by atoms with van der Waals surface area (Å²) in [5, 5.41) is 3.31. The first-order valence-electron chi connectivity index (χ1n) is 6.70. The molecule has 4 nitrogen and oxygen atoms in total. The van der Waals surface area contributed by atoms with Crippen LogP contribution < -0.4 is 15.0 Å². The number of fused-ring (bicyclic) bond motifs is 1. The van der Waals surface area contributed by atoms with Gasteiger partial charge in [-0.15, -0.1) is 0 Å². The number of carbonyl (C=O) groups excluding carboxylic acids is 1. The Morgan fingerprint density at radius 3 is 3.16 bits per heavy atom. The highest BCUT2D eigenvalue weighted by Gasteiger charge is 2.29. The molecular weight excluding hydrogens is 260 g/mol. The number of anilines is 1. The van der Waals surface area contributed by atoms with E-state index in [1.165, 1.54) is 0 Å². The van der Waals surface area contributed by atoms with Crippen LogP contribution in [-0.2, 0) is 4.79 Å². The van der Waals surface area contributed by atoms with Crippen LogP contribution in [0.25, 0.3) is 0 Å². The van der Waals surface area contributed by atoms with Gasteiger partial charge in [-0.3, -0.25) is 4.79 Å². The second-order valence-electron chi connectivity index (χ2n) is 4.74. The van der Waals surface area contributed by atoms with E-state index < -0.39 is 0 Å². The summed E-state index contributed by atoms with van der Waals surface area (Å²) in [6.45, 7) is 2.32. The fourth-order valence-electron chi connectivity index (χ4n) is 2.47. The van der Waals surface area contributed by atoms with Gasteiger partial charge in [-0.1, -0.05) is 12.1 Å². The van der Waals surface area contributed by atoms with Crippen LogP contribution in [0.15, 0.2) is 24.3 Å². The molecule has 2 heterocycles. The van der Waals surface area contributed by atoms with Gasteiger partial charge in [0.2, 0.25) is 5.91 Å². The molecule has 0 aromatic heterocycles. The zero-order valence-electron chi connectivity index (χ0n) is 10.8. The molecule has 1 amide bonds. The summed E-state index contributed by atoms with van der Waals surface area (Å²) < 4.78 is 5.70. The lowest BCUT2D eigenvalue weighted by Crippen LogP contribution is -2.51. The maximum absolute atomic E-state index is 12.7. The number of hydrogen-bond acceptors (Lipinski definition) is 4. The molecule has 0 aliphatic carbocycles. The fourth-order valence-corrected chi connectivity index (χ4v) is 3.39. The first-order chi connectivity index (χ1) is 9.36. The molecule has 3 rings (SSSR count). The van der Waals surface area contributed by atoms with Crippen molar-refractivity contribution in [1.82, 2.24) is 5.32 Å². The normalized spacial score (nSPS) is 23.2. The minimum absolute atomic E-state index is 0.0649. The summed E-state index contributed by atoms with van der Waals surface area (Å²) in [6, 6.07) is 7.74. The fraction of sp³-hybridized carbons (Fsp3) is 0.500. The van der Waals surface area contributed by atoms with Crippen LogP contribution in [-0.4, -0.2) is 43.2 Å². The molecule has 0 radical (unpaired) electrons. The van der Waals surface area contributed by atoms with E-state index in [4.69, 9.17) is 4.74 Å². The van der Waals surface area contributed by atoms with Crippen molar-refractivity contribution in [3.63, 3.8) is 0 Å². The molecule has 1 fully saturated rings. The third kappa shape index (κ3) is 2.72. The summed E-state index contributed by atoms with van der Waals surface area (Å²) in [7, 11) is 0. The summed E-state index contributed by atoms with van der Waals surface area (Å²) in [5.74, 6) is 2.93. The maximum atomic E-state index is 12.7. The van der Waals surface area contributed by atoms with Crippen molar-refractivity contribution in [2.75, 3.05) is 36.1 Å². The molecule has 1 aromatic carbocycles. The highest BCUT2D eigenvalue weighted by Crippen LogP contribution is 2.31. The molecule has 19 heavy (non-hydrogen) atoms. The molecule has 2 aliphatic heterocycles. The van der Waals surface area contributed by atoms with E-state index in [2.05, 4.69) is 5.32 Å². The first-order valence-corrected chi connectivity index (χ1v) is 7.86. The highest BCUT2D eigenvalue weighted by atomic mass is 32.2. The van der Waals surface area contributed by atoms with Crippen molar-refractivity contribution in [2.45, 2.75) is 12.5 Å². The van der Waals surface area contributed by atoms with Gasteiger partial charge in [0.15, 0.2) is 0 Å². The quantitative estimate of drug-likeness (QED) is 0.845. The predicted molar refractivity (Wildman–Crippen MR) is 78.0 cm³/mol. The van der Waals surface area contributed by atoms with Crippen LogP contribution in [0.2, 0.25) is 0 Å². The van der Waals surface area contributed by atoms with E-state index in [0.717, 1.165) is 42.5 Å². The van der Waals surface area contributed by atoms with Crippen LogP contribution in [0.1, 0.15) is 6.42 Å². The van der Waals surface area contributed by atoms with Crippen LogP contribution in [0, 0.1) is 0 Å². The number of benzene rings is 1. The standard InChI is InChI=1S/C14H18N2O2S/c17-14(11-10-19-9-6-15-11)16-7-3-8-18-13-5-2-1-4-12(13)16/h1-2,4-5,11,15H,3,6-10H2. The predicted octanol–water partition coefficient (Wildman–Crippen LogP) is 1.51. The Hall–Kier alpha value is -1.20. The Bertz CT molecular complexity index is 461. The van der Waals surface area contributed by atoms with Gasteiger partial charge in [0, 0.05) is 24.6 Å². The first kappa shape index (κ1) is 12.8. The van der Waals surface area contributed by atoms with E-state index in [1.807, 2.05) is 40.9 Å². The second-order valence-corrected chi connectivity index (χ2v) is 5.89. The van der Waals surface area contributed by atoms with Gasteiger partial charge in [-0.2, -0.15) is 11.8 Å². The van der Waals surface area contributed by atoms with Crippen molar-refractivity contribution < 1.29 is 9.53 Å². The number of rotatable bonds is 1. The molecule has 0 saturated carbocycles. The molecule has 5 heteroatoms. The largest absolute Gasteiger partial charge is 0.491 e. The van der Waals surface area contributed by atoms with E-state index in [9.17, 15) is 4.79 Å². The smallest absolute Gasteiger partial charge is 0.245 e. The van der Waals surface area contributed by atoms with E-state index in [-0.39, 0.29) is 11.9 Å². The number of carbonyl (C=O) groups is 1. The van der Waals surface area contributed by atoms with Crippen LogP contribution in [0.5, 0.6) is 5.75 Å². The highest BCUT2D eigenvalue weighted by molar-refractivity contribution is 7.99. The average molecular weight is 278 g/mol. The van der Waals surface area contributed by atoms with Crippen molar-refractivity contribution >= 4 is 23.4 Å². The van der Waals surface area contributed by atoms with Gasteiger partial charge < -0.3 is 15.0 Å². The topological polar surface area (TPSA) is 41.6 Å². The van der Waals surface area contributed by atoms with Gasteiger partial charge in [-0.25, -0.2) is 0 Å². The summed E-state index contributed by atoms with van der Waals surface area (Å²) >= 11 is 1.84. The zero-order chi connectivity index (χ0) is 13.1. The molecule has 1 unspecified atom stereocenters. The number of thioether (sulfide) groups is 1. The number of ether oxygens (including phenoxy) is 1. The Kier molecular flexibility index (Phi) is 3.94. The average Bonchev–Trinajstić information content (AvgIpc) is 2.70. The lowest BCUT2D eigenvalue weighted by atomic mass is 10.2. The summed E-state index contributed by atoms with van der Waals surface area (Å²) in [5.41, 5.74) is 0.905. The maximum Gasteiger partial charge on any atom is 0.245 e. The van der Waals surface area contributed by atoms with Crippen molar-refractivity contribution in [3.8, 4) is 5.75 Å². The molecule has 102 valence electrons. The number of hydrogen-bond donors (Lipinski definition) is 1. The van der Waals surface area contributed by atoms with Crippen molar-refractivity contribution in [1.29, 1.82) is 0 Å². The molecule has 1 aromatic rings. The Morgan fingerprint density at radius 2 is 2.32 bits per heavy atom. The van der Waals surface area contributed by atoms with Gasteiger partial charge in [0.1, 0.15) is 5.75 Å². The lowest BCUT2D eigenvalue weighted by Gasteiger charge is -2.29. The molecule has 0 bridgehead atoms. The summed E-state index contributed by atoms with van der Waals surface area (Å²) in [6.07, 6.45) is 0.875. The van der Waals surface area contributed by atoms with E-state index in [0.29, 0.717) is 6.61 Å². The SMILES string of the molecule is O=C(C1CSCCN1)N1CCCOc2ccccc21. The second kappa shape index (κ2) is 5.84. The van der Waals surface area contributed by atoms with Crippen LogP contribution in [0.3, 0.4) is 0 Å². The van der Waals surface area contributed by atoms with Gasteiger partial charge in [0.25, 0.3) is 0 Å². The monoisotopic (exact) mass is 278 g/mol. The minimum Gasteiger partial charge on any atom is -0.491 e. The molecule has 1 saturated heterocycles. The van der Waals surface area contributed by atoms with Gasteiger partial charge in [-0.05, 0) is 18.6 Å². The molecule has 1 atom stereocenters. The number of amides is 1. The van der Waals surface area contributed by atoms with Gasteiger partial charge in [0.05, 0.1) is 18.3 Å². The third-order valence-electron chi connectivity index (χ3n) is 3.43. The molecule has 1 N–H and O–H groups in total. The molecular formula is C14H18N2O2S. The van der Waals surface area contributed by atoms with E-state index in [1.54, 1.807) is 0 Å². The lowest BCUT2D eigenvalue weighted by molar-refractivity contribution is -0.120. The van der Waals surface area contributed by atoms with E-state index >= 15 is 0 Å². The minimum atomic E-state index is -0.0649.